The average molecular weight is 417 g/mol. The molecule has 2 aromatic heterocycles. The molecule has 3 aromatic rings. The highest BCUT2D eigenvalue weighted by molar-refractivity contribution is 7.13. The van der Waals surface area contributed by atoms with Crippen LogP contribution in [0, 0.1) is 0 Å². The number of aromatic nitrogens is 2. The van der Waals surface area contributed by atoms with Gasteiger partial charge in [-0.1, -0.05) is 41.4 Å². The minimum absolute atomic E-state index is 0.0140. The number of amides is 1. The minimum Gasteiger partial charge on any atom is -0.351 e. The lowest BCUT2D eigenvalue weighted by molar-refractivity contribution is -0.123. The molecule has 1 fully saturated rings. The van der Waals surface area contributed by atoms with E-state index >= 15 is 0 Å². The number of halogens is 1. The van der Waals surface area contributed by atoms with Gasteiger partial charge in [0.2, 0.25) is 17.6 Å². The Balaban J connectivity index is 1.38. The van der Waals surface area contributed by atoms with Crippen molar-refractivity contribution >= 4 is 28.8 Å². The normalized spacial score (nSPS) is 17.5. The van der Waals surface area contributed by atoms with Crippen LogP contribution in [0.3, 0.4) is 0 Å². The second-order valence-corrected chi connectivity index (χ2v) is 8.20. The van der Waals surface area contributed by atoms with Gasteiger partial charge in [0.15, 0.2) is 0 Å². The molecular weight excluding hydrogens is 396 g/mol. The number of likely N-dealkylation sites (tertiary alicyclic amines) is 1. The van der Waals surface area contributed by atoms with Crippen LogP contribution in [0.5, 0.6) is 0 Å². The first-order valence-electron chi connectivity index (χ1n) is 9.32. The summed E-state index contributed by atoms with van der Waals surface area (Å²) in [4.78, 5) is 20.2. The molecule has 1 unspecified atom stereocenters. The second-order valence-electron chi connectivity index (χ2n) is 6.82. The molecule has 28 heavy (non-hydrogen) atoms. The van der Waals surface area contributed by atoms with E-state index in [4.69, 9.17) is 16.1 Å². The first-order valence-corrected chi connectivity index (χ1v) is 10.6. The number of hydrogen-bond donors (Lipinski definition) is 1. The summed E-state index contributed by atoms with van der Waals surface area (Å²) in [5.41, 5.74) is 1.02. The maximum absolute atomic E-state index is 12.5. The monoisotopic (exact) mass is 416 g/mol. The fourth-order valence-electron chi connectivity index (χ4n) is 3.38. The smallest absolute Gasteiger partial charge is 0.244 e. The highest BCUT2D eigenvalue weighted by Gasteiger charge is 2.30. The van der Waals surface area contributed by atoms with Gasteiger partial charge in [0.25, 0.3) is 0 Å². The van der Waals surface area contributed by atoms with Crippen LogP contribution < -0.4 is 5.32 Å². The summed E-state index contributed by atoms with van der Waals surface area (Å²) in [5.74, 6) is 1.19. The van der Waals surface area contributed by atoms with E-state index < -0.39 is 0 Å². The predicted molar refractivity (Wildman–Crippen MR) is 109 cm³/mol. The predicted octanol–water partition coefficient (Wildman–Crippen LogP) is 4.29. The molecule has 1 aliphatic heterocycles. The van der Waals surface area contributed by atoms with Gasteiger partial charge >= 0.3 is 0 Å². The van der Waals surface area contributed by atoms with Crippen molar-refractivity contribution in [1.82, 2.24) is 20.4 Å². The Bertz CT molecular complexity index is 911. The number of carbonyl (C=O) groups is 1. The highest BCUT2D eigenvalue weighted by Crippen LogP contribution is 2.31. The summed E-state index contributed by atoms with van der Waals surface area (Å²) >= 11 is 7.48. The zero-order valence-corrected chi connectivity index (χ0v) is 16.9. The van der Waals surface area contributed by atoms with Crippen LogP contribution >= 0.6 is 22.9 Å². The average Bonchev–Trinajstić information content (AvgIpc) is 3.40. The number of thiophene rings is 1. The fraction of sp³-hybridized carbons (Fsp3) is 0.350. The zero-order valence-electron chi connectivity index (χ0n) is 15.3. The molecule has 1 N–H and O–H groups in total. The van der Waals surface area contributed by atoms with Crippen molar-refractivity contribution in [3.05, 3.63) is 58.3 Å². The first kappa shape index (κ1) is 19.1. The Morgan fingerprint density at radius 3 is 2.93 bits per heavy atom. The molecular formula is C20H21ClN4O2S. The fourth-order valence-corrected chi connectivity index (χ4v) is 4.15. The van der Waals surface area contributed by atoms with Crippen molar-refractivity contribution in [2.45, 2.75) is 31.8 Å². The van der Waals surface area contributed by atoms with Crippen molar-refractivity contribution in [3.63, 3.8) is 0 Å². The lowest BCUT2D eigenvalue weighted by Crippen LogP contribution is -2.41. The third kappa shape index (κ3) is 4.60. The van der Waals surface area contributed by atoms with Gasteiger partial charge < -0.3 is 9.84 Å². The van der Waals surface area contributed by atoms with E-state index in [1.54, 1.807) is 11.3 Å². The molecule has 0 aliphatic carbocycles. The van der Waals surface area contributed by atoms with E-state index in [1.807, 2.05) is 41.8 Å². The molecule has 1 atom stereocenters. The standard InChI is InChI=1S/C20H21ClN4O2S/c21-15-8-6-14(7-9-15)12-22-18(26)13-25-10-2-1-4-16(25)20-23-19(24-27-20)17-5-3-11-28-17/h3,5-9,11,16H,1-2,4,10,12-13H2,(H,22,26). The SMILES string of the molecule is O=C(CN1CCCCC1c1nc(-c2cccs2)no1)NCc1ccc(Cl)cc1. The Morgan fingerprint density at radius 1 is 1.29 bits per heavy atom. The van der Waals surface area contributed by atoms with E-state index in [1.165, 1.54) is 0 Å². The zero-order chi connectivity index (χ0) is 19.3. The Hall–Kier alpha value is -2.22. The second kappa shape index (κ2) is 8.86. The van der Waals surface area contributed by atoms with Gasteiger partial charge in [0, 0.05) is 11.6 Å². The van der Waals surface area contributed by atoms with Gasteiger partial charge in [-0.15, -0.1) is 11.3 Å². The lowest BCUT2D eigenvalue weighted by Gasteiger charge is -2.32. The van der Waals surface area contributed by atoms with Crippen LogP contribution in [-0.2, 0) is 11.3 Å². The number of benzene rings is 1. The lowest BCUT2D eigenvalue weighted by atomic mass is 10.0. The van der Waals surface area contributed by atoms with E-state index in [0.717, 1.165) is 36.2 Å². The van der Waals surface area contributed by atoms with Crippen molar-refractivity contribution in [3.8, 4) is 10.7 Å². The number of rotatable bonds is 6. The molecule has 4 rings (SSSR count). The molecule has 1 aliphatic rings. The molecule has 0 spiro atoms. The molecule has 0 radical (unpaired) electrons. The first-order chi connectivity index (χ1) is 13.7. The van der Waals surface area contributed by atoms with Crippen molar-refractivity contribution in [2.75, 3.05) is 13.1 Å². The third-order valence-electron chi connectivity index (χ3n) is 4.83. The van der Waals surface area contributed by atoms with E-state index in [-0.39, 0.29) is 11.9 Å². The summed E-state index contributed by atoms with van der Waals surface area (Å²) < 4.78 is 5.54. The minimum atomic E-state index is -0.0174. The topological polar surface area (TPSA) is 71.3 Å². The van der Waals surface area contributed by atoms with E-state index in [0.29, 0.717) is 29.8 Å². The summed E-state index contributed by atoms with van der Waals surface area (Å²) in [5, 5.41) is 9.77. The molecule has 3 heterocycles. The number of nitrogens with one attached hydrogen (secondary N) is 1. The number of hydrogen-bond acceptors (Lipinski definition) is 6. The number of nitrogens with zero attached hydrogens (tertiary/aromatic N) is 3. The van der Waals surface area contributed by atoms with E-state index in [2.05, 4.69) is 20.4 Å². The van der Waals surface area contributed by atoms with Crippen LogP contribution in [0.15, 0.2) is 46.3 Å². The summed E-state index contributed by atoms with van der Waals surface area (Å²) in [6.45, 7) is 1.64. The molecule has 1 saturated heterocycles. The van der Waals surface area contributed by atoms with Crippen LogP contribution in [0.25, 0.3) is 10.7 Å². The largest absolute Gasteiger partial charge is 0.351 e. The molecule has 8 heteroatoms. The number of piperidine rings is 1. The Morgan fingerprint density at radius 2 is 2.14 bits per heavy atom. The Labute approximate surface area is 172 Å². The summed E-state index contributed by atoms with van der Waals surface area (Å²) in [6, 6.07) is 11.4. The molecule has 0 bridgehead atoms. The van der Waals surface area contributed by atoms with Gasteiger partial charge in [0.1, 0.15) is 0 Å². The van der Waals surface area contributed by atoms with Crippen molar-refractivity contribution < 1.29 is 9.32 Å². The third-order valence-corrected chi connectivity index (χ3v) is 5.95. The molecule has 1 aromatic carbocycles. The van der Waals surface area contributed by atoms with Crippen LogP contribution in [0.2, 0.25) is 5.02 Å². The van der Waals surface area contributed by atoms with Gasteiger partial charge in [-0.3, -0.25) is 9.69 Å². The van der Waals surface area contributed by atoms with Crippen LogP contribution in [0.4, 0.5) is 0 Å². The van der Waals surface area contributed by atoms with E-state index in [9.17, 15) is 4.79 Å². The van der Waals surface area contributed by atoms with Gasteiger partial charge in [-0.05, 0) is 48.5 Å². The van der Waals surface area contributed by atoms with Crippen LogP contribution in [0.1, 0.15) is 36.8 Å². The number of carbonyl (C=O) groups excluding carboxylic acids is 1. The Kier molecular flexibility index (Phi) is 6.04. The maximum atomic E-state index is 12.5. The maximum Gasteiger partial charge on any atom is 0.244 e. The molecule has 0 saturated carbocycles. The van der Waals surface area contributed by atoms with Crippen molar-refractivity contribution in [2.24, 2.45) is 0 Å². The highest BCUT2D eigenvalue weighted by atomic mass is 35.5. The van der Waals surface area contributed by atoms with Gasteiger partial charge in [-0.2, -0.15) is 4.98 Å². The summed E-state index contributed by atoms with van der Waals surface area (Å²) in [7, 11) is 0. The quantitative estimate of drug-likeness (QED) is 0.648. The van der Waals surface area contributed by atoms with Crippen LogP contribution in [-0.4, -0.2) is 34.0 Å². The molecule has 146 valence electrons. The van der Waals surface area contributed by atoms with Gasteiger partial charge in [0.05, 0.1) is 17.5 Å². The molecule has 6 nitrogen and oxygen atoms in total. The molecule has 1 amide bonds. The van der Waals surface area contributed by atoms with Crippen molar-refractivity contribution in [1.29, 1.82) is 0 Å². The summed E-state index contributed by atoms with van der Waals surface area (Å²) in [6.07, 6.45) is 3.06. The van der Waals surface area contributed by atoms with Gasteiger partial charge in [-0.25, -0.2) is 0 Å².